The first-order valence-electron chi connectivity index (χ1n) is 7.53. The largest absolute Gasteiger partial charge is 0.477 e. The molecular formula is C17H9Cl3F3N3O2. The maximum Gasteiger partial charge on any atom is 0.435 e. The molecule has 1 aromatic carbocycles. The molecule has 5 nitrogen and oxygen atoms in total. The van der Waals surface area contributed by atoms with Crippen molar-refractivity contribution in [1.29, 1.82) is 0 Å². The fourth-order valence-corrected chi connectivity index (χ4v) is 3.16. The Balaban J connectivity index is 2.29. The number of hydrogen-bond acceptors (Lipinski definition) is 3. The second-order valence-electron chi connectivity index (χ2n) is 5.65. The highest BCUT2D eigenvalue weighted by molar-refractivity contribution is 6.33. The summed E-state index contributed by atoms with van der Waals surface area (Å²) in [4.78, 5) is 19.1. The zero-order valence-electron chi connectivity index (χ0n) is 13.6. The number of benzene rings is 1. The van der Waals surface area contributed by atoms with Crippen LogP contribution < -0.4 is 0 Å². The van der Waals surface area contributed by atoms with Crippen LogP contribution in [-0.2, 0) is 12.7 Å². The minimum Gasteiger partial charge on any atom is -0.477 e. The van der Waals surface area contributed by atoms with Crippen LogP contribution in [-0.4, -0.2) is 25.6 Å². The number of carbonyl (C=O) groups is 1. The predicted octanol–water partition coefficient (Wildman–Crippen LogP) is 5.67. The summed E-state index contributed by atoms with van der Waals surface area (Å²) in [6.45, 7) is -0.314. The first kappa shape index (κ1) is 20.4. The lowest BCUT2D eigenvalue weighted by Gasteiger charge is -2.12. The van der Waals surface area contributed by atoms with E-state index in [1.807, 2.05) is 0 Å². The van der Waals surface area contributed by atoms with E-state index in [0.717, 1.165) is 4.57 Å². The number of alkyl halides is 3. The standard InChI is InChI=1S/C17H9Cl3F3N3O2/c18-10-1-2-12(20)9(4-10)7-26-13(16(27)28)14(17(21,22)23)25-15(26)8-3-11(19)6-24-5-8/h1-6H,7H2,(H,27,28). The second-order valence-corrected chi connectivity index (χ2v) is 6.93. The molecule has 0 aliphatic rings. The molecule has 0 spiro atoms. The Morgan fingerprint density at radius 2 is 1.82 bits per heavy atom. The highest BCUT2D eigenvalue weighted by atomic mass is 35.5. The molecule has 0 aliphatic carbocycles. The number of nitrogens with zero attached hydrogens (tertiary/aromatic N) is 3. The molecule has 0 aliphatic heterocycles. The number of pyridine rings is 1. The molecule has 28 heavy (non-hydrogen) atoms. The summed E-state index contributed by atoms with van der Waals surface area (Å²) in [7, 11) is 0. The molecular weight excluding hydrogens is 442 g/mol. The number of halogens is 6. The van der Waals surface area contributed by atoms with Crippen molar-refractivity contribution in [3.05, 3.63) is 68.7 Å². The summed E-state index contributed by atoms with van der Waals surface area (Å²) in [5, 5.41) is 10.1. The van der Waals surface area contributed by atoms with E-state index in [2.05, 4.69) is 9.97 Å². The number of imidazole rings is 1. The Morgan fingerprint density at radius 1 is 1.11 bits per heavy atom. The van der Waals surface area contributed by atoms with Crippen LogP contribution in [0.1, 0.15) is 21.7 Å². The fraction of sp³-hybridized carbons (Fsp3) is 0.118. The molecule has 3 aromatic rings. The van der Waals surface area contributed by atoms with Crippen molar-refractivity contribution in [2.75, 3.05) is 0 Å². The highest BCUT2D eigenvalue weighted by Gasteiger charge is 2.41. The van der Waals surface area contributed by atoms with E-state index >= 15 is 0 Å². The van der Waals surface area contributed by atoms with Crippen LogP contribution >= 0.6 is 34.8 Å². The molecule has 3 rings (SSSR count). The van der Waals surface area contributed by atoms with Crippen LogP contribution in [0, 0.1) is 0 Å². The molecule has 2 heterocycles. The molecule has 146 valence electrons. The smallest absolute Gasteiger partial charge is 0.435 e. The first-order chi connectivity index (χ1) is 13.1. The number of aromatic nitrogens is 3. The number of carboxylic acid groups (broad SMARTS) is 1. The third-order valence-corrected chi connectivity index (χ3v) is 4.55. The first-order valence-corrected chi connectivity index (χ1v) is 8.67. The van der Waals surface area contributed by atoms with Gasteiger partial charge in [0.1, 0.15) is 5.82 Å². The molecule has 0 atom stereocenters. The number of hydrogen-bond donors (Lipinski definition) is 1. The zero-order chi connectivity index (χ0) is 20.6. The average Bonchev–Trinajstić information content (AvgIpc) is 2.98. The Hall–Kier alpha value is -2.29. The Labute approximate surface area is 171 Å². The van der Waals surface area contributed by atoms with Crippen molar-refractivity contribution < 1.29 is 23.1 Å². The summed E-state index contributed by atoms with van der Waals surface area (Å²) in [5.41, 5.74) is -2.13. The van der Waals surface area contributed by atoms with E-state index in [1.165, 1.54) is 36.7 Å². The van der Waals surface area contributed by atoms with Gasteiger partial charge in [0.15, 0.2) is 11.4 Å². The van der Waals surface area contributed by atoms with Crippen LogP contribution in [0.15, 0.2) is 36.7 Å². The summed E-state index contributed by atoms with van der Waals surface area (Å²) < 4.78 is 41.3. The van der Waals surface area contributed by atoms with Crippen molar-refractivity contribution in [3.8, 4) is 11.4 Å². The third kappa shape index (κ3) is 4.09. The molecule has 0 unspecified atom stereocenters. The van der Waals surface area contributed by atoms with Crippen molar-refractivity contribution in [2.24, 2.45) is 0 Å². The van der Waals surface area contributed by atoms with Gasteiger partial charge in [0.2, 0.25) is 0 Å². The molecule has 0 bridgehead atoms. The van der Waals surface area contributed by atoms with Crippen LogP contribution in [0.4, 0.5) is 13.2 Å². The number of carboxylic acids is 1. The highest BCUT2D eigenvalue weighted by Crippen LogP contribution is 2.36. The maximum atomic E-state index is 13.5. The van der Waals surface area contributed by atoms with Gasteiger partial charge in [-0.25, -0.2) is 9.78 Å². The lowest BCUT2D eigenvalue weighted by Crippen LogP contribution is -2.17. The van der Waals surface area contributed by atoms with Gasteiger partial charge in [-0.2, -0.15) is 13.2 Å². The topological polar surface area (TPSA) is 68.0 Å². The lowest BCUT2D eigenvalue weighted by molar-refractivity contribution is -0.141. The SMILES string of the molecule is O=C(O)c1c(C(F)(F)F)nc(-c2cncc(Cl)c2)n1Cc1cc(Cl)ccc1Cl. The Kier molecular flexibility index (Phi) is 5.56. The predicted molar refractivity (Wildman–Crippen MR) is 98.0 cm³/mol. The molecule has 0 radical (unpaired) electrons. The van der Waals surface area contributed by atoms with Gasteiger partial charge in [0.25, 0.3) is 0 Å². The summed E-state index contributed by atoms with van der Waals surface area (Å²) in [6, 6.07) is 5.73. The minimum absolute atomic E-state index is 0.114. The molecule has 1 N–H and O–H groups in total. The van der Waals surface area contributed by atoms with Crippen molar-refractivity contribution in [1.82, 2.24) is 14.5 Å². The maximum absolute atomic E-state index is 13.5. The van der Waals surface area contributed by atoms with Crippen LogP contribution in [0.5, 0.6) is 0 Å². The molecule has 0 amide bonds. The van der Waals surface area contributed by atoms with Crippen molar-refractivity contribution >= 4 is 40.8 Å². The van der Waals surface area contributed by atoms with Crippen LogP contribution in [0.2, 0.25) is 15.1 Å². The van der Waals surface area contributed by atoms with E-state index < -0.39 is 23.5 Å². The van der Waals surface area contributed by atoms with E-state index in [-0.39, 0.29) is 28.0 Å². The van der Waals surface area contributed by atoms with Gasteiger partial charge in [-0.1, -0.05) is 34.8 Å². The van der Waals surface area contributed by atoms with E-state index in [0.29, 0.717) is 10.6 Å². The van der Waals surface area contributed by atoms with E-state index in [9.17, 15) is 23.1 Å². The van der Waals surface area contributed by atoms with Crippen LogP contribution in [0.25, 0.3) is 11.4 Å². The number of aromatic carboxylic acids is 1. The van der Waals surface area contributed by atoms with Crippen molar-refractivity contribution in [3.63, 3.8) is 0 Å². The van der Waals surface area contributed by atoms with E-state index in [1.54, 1.807) is 0 Å². The third-order valence-electron chi connectivity index (χ3n) is 3.74. The number of rotatable bonds is 4. The lowest BCUT2D eigenvalue weighted by atomic mass is 10.2. The van der Waals surface area contributed by atoms with Gasteiger partial charge >= 0.3 is 12.1 Å². The Bertz CT molecular complexity index is 1070. The summed E-state index contributed by atoms with van der Waals surface area (Å²) >= 11 is 17.9. The molecule has 2 aromatic heterocycles. The average molecular weight is 451 g/mol. The second kappa shape index (κ2) is 7.62. The van der Waals surface area contributed by atoms with E-state index in [4.69, 9.17) is 34.8 Å². The molecule has 0 fully saturated rings. The normalized spacial score (nSPS) is 11.6. The van der Waals surface area contributed by atoms with Gasteiger partial charge in [-0.3, -0.25) is 4.98 Å². The van der Waals surface area contributed by atoms with Gasteiger partial charge in [0.05, 0.1) is 11.6 Å². The van der Waals surface area contributed by atoms with Gasteiger partial charge in [-0.05, 0) is 29.8 Å². The fourth-order valence-electron chi connectivity index (χ4n) is 2.61. The molecule has 0 saturated heterocycles. The monoisotopic (exact) mass is 449 g/mol. The molecule has 0 saturated carbocycles. The van der Waals surface area contributed by atoms with Crippen molar-refractivity contribution in [2.45, 2.75) is 12.7 Å². The summed E-state index contributed by atoms with van der Waals surface area (Å²) in [5.74, 6) is -2.06. The van der Waals surface area contributed by atoms with Gasteiger partial charge < -0.3 is 9.67 Å². The van der Waals surface area contributed by atoms with Gasteiger partial charge in [-0.15, -0.1) is 0 Å². The van der Waals surface area contributed by atoms with Gasteiger partial charge in [0, 0.05) is 28.0 Å². The summed E-state index contributed by atoms with van der Waals surface area (Å²) in [6.07, 6.45) is -2.47. The van der Waals surface area contributed by atoms with Crippen LogP contribution in [0.3, 0.4) is 0 Å². The zero-order valence-corrected chi connectivity index (χ0v) is 15.9. The Morgan fingerprint density at radius 3 is 2.43 bits per heavy atom. The quantitative estimate of drug-likeness (QED) is 0.556. The molecule has 11 heteroatoms. The minimum atomic E-state index is -4.99.